The molecule has 0 fully saturated rings. The summed E-state index contributed by atoms with van der Waals surface area (Å²) in [5, 5.41) is 1.41. The first-order chi connectivity index (χ1) is 5.65. The van der Waals surface area contributed by atoms with E-state index in [-0.39, 0.29) is 0 Å². The van der Waals surface area contributed by atoms with Gasteiger partial charge in [0, 0.05) is 10.0 Å². The van der Waals surface area contributed by atoms with Crippen LogP contribution in [0.3, 0.4) is 0 Å². The minimum atomic E-state index is 0.612. The smallest absolute Gasteiger partial charge is 0.0453 e. The van der Waals surface area contributed by atoms with Crippen molar-refractivity contribution in [3.05, 3.63) is 33.3 Å². The van der Waals surface area contributed by atoms with Crippen molar-refractivity contribution in [1.82, 2.24) is 0 Å². The van der Waals surface area contributed by atoms with Crippen molar-refractivity contribution in [2.75, 3.05) is 6.54 Å². The number of aryl methyl sites for hydroxylation is 1. The van der Waals surface area contributed by atoms with Crippen LogP contribution < -0.4 is 5.73 Å². The van der Waals surface area contributed by atoms with E-state index >= 15 is 0 Å². The Labute approximate surface area is 82.5 Å². The van der Waals surface area contributed by atoms with E-state index in [1.165, 1.54) is 0 Å². The van der Waals surface area contributed by atoms with Gasteiger partial charge in [-0.15, -0.1) is 0 Å². The summed E-state index contributed by atoms with van der Waals surface area (Å²) >= 11 is 11.8. The van der Waals surface area contributed by atoms with Crippen molar-refractivity contribution in [1.29, 1.82) is 0 Å². The van der Waals surface area contributed by atoms with E-state index in [1.54, 1.807) is 6.07 Å². The Morgan fingerprint density at radius 2 is 1.92 bits per heavy atom. The van der Waals surface area contributed by atoms with Gasteiger partial charge in [0.2, 0.25) is 0 Å². The second-order valence-electron chi connectivity index (χ2n) is 2.73. The highest BCUT2D eigenvalue weighted by Gasteiger charge is 2.02. The Balaban J connectivity index is 3.05. The Kier molecular flexibility index (Phi) is 3.39. The molecule has 1 rings (SSSR count). The average Bonchev–Trinajstić information content (AvgIpc) is 2.01. The molecule has 12 heavy (non-hydrogen) atoms. The maximum Gasteiger partial charge on any atom is 0.0453 e. The van der Waals surface area contributed by atoms with Gasteiger partial charge in [-0.2, -0.15) is 0 Å². The average molecular weight is 204 g/mol. The lowest BCUT2D eigenvalue weighted by molar-refractivity contribution is 0.967. The first-order valence-corrected chi connectivity index (χ1v) is 4.55. The van der Waals surface area contributed by atoms with Gasteiger partial charge in [0.15, 0.2) is 0 Å². The standard InChI is InChI=1S/C9H11Cl2N/c1-6-4-7(2-3-12)9(11)5-8(6)10/h4-5H,2-3,12H2,1H3. The van der Waals surface area contributed by atoms with E-state index in [4.69, 9.17) is 28.9 Å². The third kappa shape index (κ3) is 2.13. The Hall–Kier alpha value is -0.240. The third-order valence-corrected chi connectivity index (χ3v) is 2.50. The van der Waals surface area contributed by atoms with E-state index in [1.807, 2.05) is 13.0 Å². The van der Waals surface area contributed by atoms with E-state index in [0.717, 1.165) is 17.5 Å². The first kappa shape index (κ1) is 9.85. The Morgan fingerprint density at radius 1 is 1.25 bits per heavy atom. The molecule has 0 spiro atoms. The van der Waals surface area contributed by atoms with Crippen LogP contribution in [0.1, 0.15) is 11.1 Å². The van der Waals surface area contributed by atoms with Crippen molar-refractivity contribution < 1.29 is 0 Å². The molecule has 2 N–H and O–H groups in total. The molecule has 0 saturated carbocycles. The lowest BCUT2D eigenvalue weighted by atomic mass is 10.1. The fourth-order valence-electron chi connectivity index (χ4n) is 1.06. The van der Waals surface area contributed by atoms with Crippen LogP contribution in [0.5, 0.6) is 0 Å². The molecule has 1 aromatic rings. The molecule has 0 aliphatic rings. The lowest BCUT2D eigenvalue weighted by Gasteiger charge is -2.05. The summed E-state index contributed by atoms with van der Waals surface area (Å²) < 4.78 is 0. The van der Waals surface area contributed by atoms with Crippen molar-refractivity contribution in [2.45, 2.75) is 13.3 Å². The van der Waals surface area contributed by atoms with Crippen LogP contribution in [-0.2, 0) is 6.42 Å². The predicted molar refractivity (Wildman–Crippen MR) is 54.0 cm³/mol. The van der Waals surface area contributed by atoms with Crippen LogP contribution in [-0.4, -0.2) is 6.54 Å². The SMILES string of the molecule is Cc1cc(CCN)c(Cl)cc1Cl. The van der Waals surface area contributed by atoms with Crippen molar-refractivity contribution in [3.8, 4) is 0 Å². The minimum Gasteiger partial charge on any atom is -0.330 e. The molecule has 0 aliphatic carbocycles. The first-order valence-electron chi connectivity index (χ1n) is 3.79. The highest BCUT2D eigenvalue weighted by molar-refractivity contribution is 6.35. The van der Waals surface area contributed by atoms with Crippen LogP contribution in [0.4, 0.5) is 0 Å². The molecule has 0 heterocycles. The van der Waals surface area contributed by atoms with Gasteiger partial charge in [-0.25, -0.2) is 0 Å². The summed E-state index contributed by atoms with van der Waals surface area (Å²) in [6, 6.07) is 3.75. The molecule has 0 radical (unpaired) electrons. The van der Waals surface area contributed by atoms with Gasteiger partial charge in [-0.05, 0) is 37.1 Å². The van der Waals surface area contributed by atoms with E-state index in [9.17, 15) is 0 Å². The number of halogens is 2. The van der Waals surface area contributed by atoms with Crippen LogP contribution in [0.25, 0.3) is 0 Å². The topological polar surface area (TPSA) is 26.0 Å². The molecular weight excluding hydrogens is 193 g/mol. The summed E-state index contributed by atoms with van der Waals surface area (Å²) in [7, 11) is 0. The predicted octanol–water partition coefficient (Wildman–Crippen LogP) is 2.80. The number of benzene rings is 1. The maximum absolute atomic E-state index is 5.94. The van der Waals surface area contributed by atoms with E-state index < -0.39 is 0 Å². The molecule has 0 bridgehead atoms. The largest absolute Gasteiger partial charge is 0.330 e. The summed E-state index contributed by atoms with van der Waals surface area (Å²) in [6.45, 7) is 2.57. The Morgan fingerprint density at radius 3 is 2.50 bits per heavy atom. The molecule has 0 unspecified atom stereocenters. The van der Waals surface area contributed by atoms with Crippen LogP contribution in [0.15, 0.2) is 12.1 Å². The van der Waals surface area contributed by atoms with Gasteiger partial charge in [0.25, 0.3) is 0 Å². The number of nitrogens with two attached hydrogens (primary N) is 1. The highest BCUT2D eigenvalue weighted by atomic mass is 35.5. The molecule has 1 aromatic carbocycles. The lowest BCUT2D eigenvalue weighted by Crippen LogP contribution is -2.03. The van der Waals surface area contributed by atoms with Crippen molar-refractivity contribution >= 4 is 23.2 Å². The third-order valence-electron chi connectivity index (χ3n) is 1.74. The summed E-state index contributed by atoms with van der Waals surface area (Å²) in [5.74, 6) is 0. The summed E-state index contributed by atoms with van der Waals surface area (Å²) in [6.07, 6.45) is 0.802. The molecule has 66 valence electrons. The van der Waals surface area contributed by atoms with Gasteiger partial charge >= 0.3 is 0 Å². The van der Waals surface area contributed by atoms with E-state index in [2.05, 4.69) is 0 Å². The second-order valence-corrected chi connectivity index (χ2v) is 3.55. The van der Waals surface area contributed by atoms with Gasteiger partial charge in [-0.1, -0.05) is 29.3 Å². The normalized spacial score (nSPS) is 10.3. The monoisotopic (exact) mass is 203 g/mol. The van der Waals surface area contributed by atoms with Gasteiger partial charge in [0.1, 0.15) is 0 Å². The van der Waals surface area contributed by atoms with Crippen molar-refractivity contribution in [3.63, 3.8) is 0 Å². The zero-order valence-corrected chi connectivity index (χ0v) is 8.41. The van der Waals surface area contributed by atoms with E-state index in [0.29, 0.717) is 16.6 Å². The van der Waals surface area contributed by atoms with Crippen LogP contribution >= 0.6 is 23.2 Å². The summed E-state index contributed by atoms with van der Waals surface area (Å²) in [5.41, 5.74) is 7.54. The minimum absolute atomic E-state index is 0.612. The quantitative estimate of drug-likeness (QED) is 0.787. The number of rotatable bonds is 2. The molecule has 0 atom stereocenters. The molecule has 0 amide bonds. The van der Waals surface area contributed by atoms with Gasteiger partial charge < -0.3 is 5.73 Å². The zero-order valence-electron chi connectivity index (χ0n) is 6.90. The molecule has 0 aromatic heterocycles. The molecule has 0 aliphatic heterocycles. The molecule has 0 saturated heterocycles. The second kappa shape index (κ2) is 4.13. The van der Waals surface area contributed by atoms with Gasteiger partial charge in [-0.3, -0.25) is 0 Å². The van der Waals surface area contributed by atoms with Crippen LogP contribution in [0.2, 0.25) is 10.0 Å². The molecule has 1 nitrogen and oxygen atoms in total. The fraction of sp³-hybridized carbons (Fsp3) is 0.333. The molecule has 3 heteroatoms. The fourth-order valence-corrected chi connectivity index (χ4v) is 1.54. The number of hydrogen-bond donors (Lipinski definition) is 1. The molecular formula is C9H11Cl2N. The van der Waals surface area contributed by atoms with Gasteiger partial charge in [0.05, 0.1) is 0 Å². The maximum atomic E-state index is 5.94. The number of hydrogen-bond acceptors (Lipinski definition) is 1. The van der Waals surface area contributed by atoms with Crippen molar-refractivity contribution in [2.24, 2.45) is 5.73 Å². The Bertz CT molecular complexity index is 284. The summed E-state index contributed by atoms with van der Waals surface area (Å²) in [4.78, 5) is 0. The van der Waals surface area contributed by atoms with Crippen LogP contribution in [0, 0.1) is 6.92 Å². The highest BCUT2D eigenvalue weighted by Crippen LogP contribution is 2.24. The zero-order chi connectivity index (χ0) is 9.14.